The predicted octanol–water partition coefficient (Wildman–Crippen LogP) is 1.10. The lowest BCUT2D eigenvalue weighted by Gasteiger charge is -2.11. The van der Waals surface area contributed by atoms with Crippen LogP contribution in [0.15, 0.2) is 4.99 Å². The van der Waals surface area contributed by atoms with E-state index in [9.17, 15) is 0 Å². The van der Waals surface area contributed by atoms with Crippen molar-refractivity contribution >= 4 is 5.84 Å². The summed E-state index contributed by atoms with van der Waals surface area (Å²) in [4.78, 5) is 6.84. The first-order valence-corrected chi connectivity index (χ1v) is 5.27. The highest BCUT2D eigenvalue weighted by molar-refractivity contribution is 5.79. The average Bonchev–Trinajstić information content (AvgIpc) is 2.61. The number of nitrogens with two attached hydrogens (primary N) is 1. The Labute approximate surface area is 81.0 Å². The average molecular weight is 183 g/mol. The molecule has 0 saturated carbocycles. The first-order chi connectivity index (χ1) is 6.26. The normalized spacial score (nSPS) is 25.4. The third-order valence-electron chi connectivity index (χ3n) is 2.73. The second kappa shape index (κ2) is 5.22. The molecular formula is C10H21N3. The summed E-state index contributed by atoms with van der Waals surface area (Å²) in [5.41, 5.74) is 5.65. The minimum absolute atomic E-state index is 0.741. The van der Waals surface area contributed by atoms with Gasteiger partial charge in [-0.3, -0.25) is 4.99 Å². The number of hydrogen-bond donors (Lipinski definition) is 1. The summed E-state index contributed by atoms with van der Waals surface area (Å²) < 4.78 is 0. The van der Waals surface area contributed by atoms with Gasteiger partial charge in [0, 0.05) is 19.5 Å². The Bertz CT molecular complexity index is 177. The first-order valence-electron chi connectivity index (χ1n) is 5.27. The Morgan fingerprint density at radius 1 is 1.54 bits per heavy atom. The van der Waals surface area contributed by atoms with Gasteiger partial charge in [-0.25, -0.2) is 0 Å². The van der Waals surface area contributed by atoms with Crippen LogP contribution in [0.25, 0.3) is 0 Å². The van der Waals surface area contributed by atoms with Gasteiger partial charge in [-0.15, -0.1) is 0 Å². The molecule has 76 valence electrons. The van der Waals surface area contributed by atoms with E-state index >= 15 is 0 Å². The van der Waals surface area contributed by atoms with E-state index in [2.05, 4.69) is 16.8 Å². The molecule has 1 rings (SSSR count). The molecule has 0 spiro atoms. The molecular weight excluding hydrogens is 162 g/mol. The van der Waals surface area contributed by atoms with Gasteiger partial charge in [-0.2, -0.15) is 0 Å². The van der Waals surface area contributed by atoms with Crippen LogP contribution in [-0.4, -0.2) is 36.9 Å². The van der Waals surface area contributed by atoms with Gasteiger partial charge >= 0.3 is 0 Å². The lowest BCUT2D eigenvalue weighted by atomic mass is 10.1. The third-order valence-corrected chi connectivity index (χ3v) is 2.73. The Balaban J connectivity index is 2.24. The second-order valence-electron chi connectivity index (χ2n) is 3.73. The van der Waals surface area contributed by atoms with E-state index in [0.717, 1.165) is 24.7 Å². The van der Waals surface area contributed by atoms with Crippen molar-refractivity contribution in [3.63, 3.8) is 0 Å². The standard InChI is InChI=1S/C10H21N3/c1-3-10(11)12-7-9-5-6-13(4-2)8-9/h9H,3-8H2,1-2H3,(H2,11,12). The van der Waals surface area contributed by atoms with E-state index in [1.807, 2.05) is 6.92 Å². The van der Waals surface area contributed by atoms with Crippen LogP contribution >= 0.6 is 0 Å². The molecule has 0 amide bonds. The van der Waals surface area contributed by atoms with E-state index < -0.39 is 0 Å². The molecule has 0 aromatic rings. The maximum absolute atomic E-state index is 5.65. The van der Waals surface area contributed by atoms with Crippen molar-refractivity contribution in [3.8, 4) is 0 Å². The molecule has 13 heavy (non-hydrogen) atoms. The van der Waals surface area contributed by atoms with Gasteiger partial charge in [0.2, 0.25) is 0 Å². The van der Waals surface area contributed by atoms with Crippen molar-refractivity contribution in [3.05, 3.63) is 0 Å². The fraction of sp³-hybridized carbons (Fsp3) is 0.900. The largest absolute Gasteiger partial charge is 0.387 e. The van der Waals surface area contributed by atoms with Crippen LogP contribution in [0, 0.1) is 5.92 Å². The van der Waals surface area contributed by atoms with Crippen LogP contribution in [-0.2, 0) is 0 Å². The maximum atomic E-state index is 5.65. The van der Waals surface area contributed by atoms with Crippen molar-refractivity contribution in [2.45, 2.75) is 26.7 Å². The topological polar surface area (TPSA) is 41.6 Å². The fourth-order valence-corrected chi connectivity index (χ4v) is 1.71. The number of likely N-dealkylation sites (tertiary alicyclic amines) is 1. The van der Waals surface area contributed by atoms with Crippen LogP contribution < -0.4 is 5.73 Å². The number of amidine groups is 1. The Morgan fingerprint density at radius 3 is 2.85 bits per heavy atom. The van der Waals surface area contributed by atoms with Crippen LogP contribution in [0.5, 0.6) is 0 Å². The molecule has 1 fully saturated rings. The molecule has 0 radical (unpaired) electrons. The molecule has 3 heteroatoms. The van der Waals surface area contributed by atoms with E-state index in [0.29, 0.717) is 0 Å². The molecule has 1 aliphatic heterocycles. The van der Waals surface area contributed by atoms with Gasteiger partial charge < -0.3 is 10.6 Å². The lowest BCUT2D eigenvalue weighted by Crippen LogP contribution is -2.21. The Kier molecular flexibility index (Phi) is 4.22. The van der Waals surface area contributed by atoms with Gasteiger partial charge in [0.15, 0.2) is 0 Å². The first kappa shape index (κ1) is 10.5. The molecule has 0 aromatic heterocycles. The molecule has 1 heterocycles. The molecule has 3 nitrogen and oxygen atoms in total. The molecule has 0 bridgehead atoms. The summed E-state index contributed by atoms with van der Waals surface area (Å²) in [6.07, 6.45) is 2.17. The zero-order chi connectivity index (χ0) is 9.68. The molecule has 1 atom stereocenters. The smallest absolute Gasteiger partial charge is 0.0934 e. The summed E-state index contributed by atoms with van der Waals surface area (Å²) in [5, 5.41) is 0. The summed E-state index contributed by atoms with van der Waals surface area (Å²) >= 11 is 0. The van der Waals surface area contributed by atoms with E-state index in [-0.39, 0.29) is 0 Å². The summed E-state index contributed by atoms with van der Waals surface area (Å²) in [5.74, 6) is 1.54. The molecule has 0 aromatic carbocycles. The zero-order valence-electron chi connectivity index (χ0n) is 8.79. The van der Waals surface area contributed by atoms with Crippen LogP contribution in [0.4, 0.5) is 0 Å². The number of nitrogens with zero attached hydrogens (tertiary/aromatic N) is 2. The van der Waals surface area contributed by atoms with E-state index in [1.54, 1.807) is 0 Å². The minimum Gasteiger partial charge on any atom is -0.387 e. The van der Waals surface area contributed by atoms with Crippen LogP contribution in [0.2, 0.25) is 0 Å². The molecule has 1 unspecified atom stereocenters. The monoisotopic (exact) mass is 183 g/mol. The minimum atomic E-state index is 0.741. The fourth-order valence-electron chi connectivity index (χ4n) is 1.71. The van der Waals surface area contributed by atoms with E-state index in [1.165, 1.54) is 26.1 Å². The predicted molar refractivity (Wildman–Crippen MR) is 57.0 cm³/mol. The Morgan fingerprint density at radius 2 is 2.31 bits per heavy atom. The number of aliphatic imine (C=N–C) groups is 1. The quantitative estimate of drug-likeness (QED) is 0.524. The van der Waals surface area contributed by atoms with Crippen molar-refractivity contribution < 1.29 is 0 Å². The van der Waals surface area contributed by atoms with Gasteiger partial charge in [-0.05, 0) is 25.4 Å². The molecule has 2 N–H and O–H groups in total. The summed E-state index contributed by atoms with van der Waals surface area (Å²) in [6, 6.07) is 0. The summed E-state index contributed by atoms with van der Waals surface area (Å²) in [6.45, 7) is 8.80. The van der Waals surface area contributed by atoms with Gasteiger partial charge in [0.05, 0.1) is 5.84 Å². The highest BCUT2D eigenvalue weighted by Crippen LogP contribution is 2.15. The third kappa shape index (κ3) is 3.35. The highest BCUT2D eigenvalue weighted by atomic mass is 15.1. The molecule has 1 saturated heterocycles. The molecule has 1 aliphatic rings. The van der Waals surface area contributed by atoms with Gasteiger partial charge in [0.1, 0.15) is 0 Å². The zero-order valence-corrected chi connectivity index (χ0v) is 8.79. The maximum Gasteiger partial charge on any atom is 0.0934 e. The second-order valence-corrected chi connectivity index (χ2v) is 3.73. The van der Waals surface area contributed by atoms with Crippen molar-refractivity contribution in [1.82, 2.24) is 4.90 Å². The Hall–Kier alpha value is -0.570. The van der Waals surface area contributed by atoms with Crippen LogP contribution in [0.3, 0.4) is 0 Å². The van der Waals surface area contributed by atoms with Crippen molar-refractivity contribution in [2.24, 2.45) is 16.6 Å². The highest BCUT2D eigenvalue weighted by Gasteiger charge is 2.20. The lowest BCUT2D eigenvalue weighted by molar-refractivity contribution is 0.344. The van der Waals surface area contributed by atoms with Crippen molar-refractivity contribution in [1.29, 1.82) is 0 Å². The summed E-state index contributed by atoms with van der Waals surface area (Å²) in [7, 11) is 0. The van der Waals surface area contributed by atoms with Crippen LogP contribution in [0.1, 0.15) is 26.7 Å². The SMILES string of the molecule is CCC(N)=NCC1CCN(CC)C1. The number of rotatable bonds is 4. The molecule has 0 aliphatic carbocycles. The van der Waals surface area contributed by atoms with E-state index in [4.69, 9.17) is 5.73 Å². The number of hydrogen-bond acceptors (Lipinski definition) is 2. The van der Waals surface area contributed by atoms with Crippen molar-refractivity contribution in [2.75, 3.05) is 26.2 Å². The van der Waals surface area contributed by atoms with Gasteiger partial charge in [-0.1, -0.05) is 13.8 Å². The van der Waals surface area contributed by atoms with Gasteiger partial charge in [0.25, 0.3) is 0 Å².